The van der Waals surface area contributed by atoms with Gasteiger partial charge in [-0.05, 0) is 12.5 Å². The molecule has 1 aromatic carbocycles. The molecule has 132 valence electrons. The molecule has 4 N–H and O–H groups in total. The summed E-state index contributed by atoms with van der Waals surface area (Å²) < 4.78 is 0. The Bertz CT molecular complexity index is 870. The number of carbonyl (C=O) groups is 2. The first kappa shape index (κ1) is 18.2. The number of hydrogen-bond donors (Lipinski definition) is 3. The van der Waals surface area contributed by atoms with Crippen LogP contribution < -0.4 is 17.0 Å². The zero-order valence-electron chi connectivity index (χ0n) is 13.9. The van der Waals surface area contributed by atoms with Crippen LogP contribution in [0.1, 0.15) is 23.2 Å². The van der Waals surface area contributed by atoms with Crippen LogP contribution in [0.15, 0.2) is 39.9 Å². The van der Waals surface area contributed by atoms with Gasteiger partial charge in [0.25, 0.3) is 5.56 Å². The average molecular weight is 344 g/mol. The van der Waals surface area contributed by atoms with E-state index in [1.165, 1.54) is 4.90 Å². The number of primary amides is 1. The molecular formula is C17H20N4O4. The Morgan fingerprint density at radius 2 is 1.80 bits per heavy atom. The molecule has 1 aromatic heterocycles. The third-order valence-corrected chi connectivity index (χ3v) is 3.78. The molecule has 0 bridgehead atoms. The number of nitrogens with two attached hydrogens (primary N) is 1. The van der Waals surface area contributed by atoms with Crippen molar-refractivity contribution in [1.82, 2.24) is 14.9 Å². The summed E-state index contributed by atoms with van der Waals surface area (Å²) in [5, 5.41) is 0. The average Bonchev–Trinajstić information content (AvgIpc) is 2.55. The van der Waals surface area contributed by atoms with Gasteiger partial charge in [-0.1, -0.05) is 30.3 Å². The van der Waals surface area contributed by atoms with Crippen LogP contribution in [0.5, 0.6) is 0 Å². The molecule has 8 heteroatoms. The van der Waals surface area contributed by atoms with Crippen molar-refractivity contribution >= 4 is 11.8 Å². The quantitative estimate of drug-likeness (QED) is 0.643. The second-order valence-electron chi connectivity index (χ2n) is 5.71. The van der Waals surface area contributed by atoms with Crippen molar-refractivity contribution in [1.29, 1.82) is 0 Å². The fourth-order valence-electron chi connectivity index (χ4n) is 2.44. The lowest BCUT2D eigenvalue weighted by molar-refractivity contribution is -0.131. The van der Waals surface area contributed by atoms with Crippen LogP contribution in [0.4, 0.5) is 0 Å². The van der Waals surface area contributed by atoms with Gasteiger partial charge in [0.15, 0.2) is 0 Å². The van der Waals surface area contributed by atoms with Crippen molar-refractivity contribution in [3.63, 3.8) is 0 Å². The van der Waals surface area contributed by atoms with Gasteiger partial charge in [-0.3, -0.25) is 19.4 Å². The summed E-state index contributed by atoms with van der Waals surface area (Å²) in [5.41, 5.74) is 5.41. The van der Waals surface area contributed by atoms with Crippen LogP contribution >= 0.6 is 0 Å². The van der Waals surface area contributed by atoms with Crippen LogP contribution in [0.25, 0.3) is 0 Å². The number of nitrogens with one attached hydrogen (secondary N) is 2. The molecule has 0 atom stereocenters. The lowest BCUT2D eigenvalue weighted by Crippen LogP contribution is -2.37. The number of amides is 2. The topological polar surface area (TPSA) is 129 Å². The molecule has 2 aromatic rings. The smallest absolute Gasteiger partial charge is 0.325 e. The van der Waals surface area contributed by atoms with Gasteiger partial charge >= 0.3 is 5.69 Å². The van der Waals surface area contributed by atoms with E-state index in [1.54, 1.807) is 6.92 Å². The largest absolute Gasteiger partial charge is 0.370 e. The summed E-state index contributed by atoms with van der Waals surface area (Å²) in [4.78, 5) is 52.9. The molecule has 2 amide bonds. The van der Waals surface area contributed by atoms with E-state index < -0.39 is 17.2 Å². The predicted molar refractivity (Wildman–Crippen MR) is 91.8 cm³/mol. The van der Waals surface area contributed by atoms with Gasteiger partial charge in [-0.25, -0.2) is 4.79 Å². The van der Waals surface area contributed by atoms with Crippen LogP contribution in [-0.4, -0.2) is 33.2 Å². The molecule has 0 fully saturated rings. The first-order valence-electron chi connectivity index (χ1n) is 7.79. The summed E-state index contributed by atoms with van der Waals surface area (Å²) in [6.07, 6.45) is -0.150. The van der Waals surface area contributed by atoms with E-state index in [-0.39, 0.29) is 30.9 Å². The molecule has 2 rings (SSSR count). The fraction of sp³-hybridized carbons (Fsp3) is 0.294. The summed E-state index contributed by atoms with van der Waals surface area (Å²) >= 11 is 0. The Morgan fingerprint density at radius 3 is 2.40 bits per heavy atom. The number of aromatic amines is 2. The van der Waals surface area contributed by atoms with Gasteiger partial charge < -0.3 is 15.6 Å². The van der Waals surface area contributed by atoms with E-state index in [0.29, 0.717) is 12.2 Å². The molecule has 0 radical (unpaired) electrons. The van der Waals surface area contributed by atoms with Gasteiger partial charge in [-0.2, -0.15) is 0 Å². The van der Waals surface area contributed by atoms with E-state index in [4.69, 9.17) is 5.73 Å². The second kappa shape index (κ2) is 8.09. The van der Waals surface area contributed by atoms with Gasteiger partial charge in [0, 0.05) is 30.8 Å². The Labute approximate surface area is 143 Å². The highest BCUT2D eigenvalue weighted by Crippen LogP contribution is 2.08. The molecule has 0 aliphatic carbocycles. The minimum Gasteiger partial charge on any atom is -0.370 e. The summed E-state index contributed by atoms with van der Waals surface area (Å²) in [6, 6.07) is 9.29. The number of benzene rings is 1. The summed E-state index contributed by atoms with van der Waals surface area (Å²) in [7, 11) is 0. The lowest BCUT2D eigenvalue weighted by atomic mass is 10.1. The van der Waals surface area contributed by atoms with Crippen molar-refractivity contribution in [2.75, 3.05) is 6.54 Å². The molecule has 0 saturated carbocycles. The SMILES string of the molecule is Cc1[nH]c(=O)[nH]c(=O)c1CC(=O)N(CCC(N)=O)Cc1ccccc1. The fourth-order valence-corrected chi connectivity index (χ4v) is 2.44. The Hall–Kier alpha value is -3.16. The zero-order chi connectivity index (χ0) is 18.4. The van der Waals surface area contributed by atoms with E-state index in [1.807, 2.05) is 30.3 Å². The molecule has 1 heterocycles. The van der Waals surface area contributed by atoms with Crippen molar-refractivity contribution < 1.29 is 9.59 Å². The maximum atomic E-state index is 12.6. The number of aryl methyl sites for hydroxylation is 1. The van der Waals surface area contributed by atoms with E-state index >= 15 is 0 Å². The molecular weight excluding hydrogens is 324 g/mol. The van der Waals surface area contributed by atoms with Crippen LogP contribution in [-0.2, 0) is 22.6 Å². The second-order valence-corrected chi connectivity index (χ2v) is 5.71. The number of hydrogen-bond acceptors (Lipinski definition) is 4. The van der Waals surface area contributed by atoms with Gasteiger partial charge in [-0.15, -0.1) is 0 Å². The van der Waals surface area contributed by atoms with Gasteiger partial charge in [0.2, 0.25) is 11.8 Å². The molecule has 0 spiro atoms. The van der Waals surface area contributed by atoms with Crippen LogP contribution in [0, 0.1) is 6.92 Å². The standard InChI is InChI=1S/C17H20N4O4/c1-11-13(16(24)20-17(25)19-11)9-15(23)21(8-7-14(18)22)10-12-5-3-2-4-6-12/h2-6H,7-10H2,1H3,(H2,18,22)(H2,19,20,24,25). The third-order valence-electron chi connectivity index (χ3n) is 3.78. The van der Waals surface area contributed by atoms with E-state index in [9.17, 15) is 19.2 Å². The first-order chi connectivity index (χ1) is 11.9. The highest BCUT2D eigenvalue weighted by Gasteiger charge is 2.18. The van der Waals surface area contributed by atoms with Gasteiger partial charge in [0.1, 0.15) is 0 Å². The molecule has 0 aliphatic heterocycles. The molecule has 25 heavy (non-hydrogen) atoms. The number of H-pyrrole nitrogens is 2. The Balaban J connectivity index is 2.21. The summed E-state index contributed by atoms with van der Waals surface area (Å²) in [6.45, 7) is 2.01. The molecule has 8 nitrogen and oxygen atoms in total. The third kappa shape index (κ3) is 5.17. The van der Waals surface area contributed by atoms with Crippen molar-refractivity contribution in [2.45, 2.75) is 26.3 Å². The minimum absolute atomic E-state index is 0.0273. The number of carbonyl (C=O) groups excluding carboxylic acids is 2. The first-order valence-corrected chi connectivity index (χ1v) is 7.79. The van der Waals surface area contributed by atoms with Crippen LogP contribution in [0.3, 0.4) is 0 Å². The van der Waals surface area contributed by atoms with Crippen molar-refractivity contribution in [3.8, 4) is 0 Å². The lowest BCUT2D eigenvalue weighted by Gasteiger charge is -2.22. The maximum absolute atomic E-state index is 12.6. The normalized spacial score (nSPS) is 10.4. The highest BCUT2D eigenvalue weighted by atomic mass is 16.2. The molecule has 0 saturated heterocycles. The zero-order valence-corrected chi connectivity index (χ0v) is 13.9. The Kier molecular flexibility index (Phi) is 5.89. The summed E-state index contributed by atoms with van der Waals surface area (Å²) in [5.74, 6) is -0.838. The monoisotopic (exact) mass is 344 g/mol. The predicted octanol–water partition coefficient (Wildman–Crippen LogP) is -0.182. The number of rotatable bonds is 7. The van der Waals surface area contributed by atoms with E-state index in [2.05, 4.69) is 9.97 Å². The molecule has 0 aliphatic rings. The van der Waals surface area contributed by atoms with Crippen molar-refractivity contribution in [3.05, 3.63) is 68.0 Å². The maximum Gasteiger partial charge on any atom is 0.325 e. The minimum atomic E-state index is -0.617. The molecule has 0 unspecified atom stereocenters. The Morgan fingerprint density at radius 1 is 1.12 bits per heavy atom. The highest BCUT2D eigenvalue weighted by molar-refractivity contribution is 5.80. The van der Waals surface area contributed by atoms with Gasteiger partial charge in [0.05, 0.1) is 6.42 Å². The van der Waals surface area contributed by atoms with Crippen LogP contribution in [0.2, 0.25) is 0 Å². The van der Waals surface area contributed by atoms with E-state index in [0.717, 1.165) is 5.56 Å². The van der Waals surface area contributed by atoms with Crippen molar-refractivity contribution in [2.24, 2.45) is 5.73 Å². The number of nitrogens with zero attached hydrogens (tertiary/aromatic N) is 1. The number of aromatic nitrogens is 2.